The molecule has 0 spiro atoms. The molecule has 1 heterocycles. The van der Waals surface area contributed by atoms with Crippen molar-refractivity contribution in [3.05, 3.63) is 0 Å². The molecular weight excluding hydrogens is 293 g/mol. The third-order valence-corrected chi connectivity index (χ3v) is 2.05. The van der Waals surface area contributed by atoms with E-state index in [2.05, 4.69) is 14.2 Å². The molecule has 1 unspecified atom stereocenters. The normalized spacial score (nSPS) is 21.2. The molecule has 0 amide bonds. The topological polar surface area (TPSA) is 44.8 Å². The van der Waals surface area contributed by atoms with Gasteiger partial charge >= 0.3 is 24.2 Å². The van der Waals surface area contributed by atoms with Crippen molar-refractivity contribution in [3.63, 3.8) is 0 Å². The van der Waals surface area contributed by atoms with E-state index in [0.29, 0.717) is 0 Å². The summed E-state index contributed by atoms with van der Waals surface area (Å²) in [7, 11) is 0. The van der Waals surface area contributed by atoms with E-state index < -0.39 is 43.5 Å². The van der Waals surface area contributed by atoms with Gasteiger partial charge in [0.05, 0.1) is 6.61 Å². The molecule has 0 aromatic rings. The Labute approximate surface area is 101 Å². The number of halogens is 7. The van der Waals surface area contributed by atoms with Crippen molar-refractivity contribution < 1.29 is 49.7 Å². The van der Waals surface area contributed by atoms with E-state index in [1.165, 1.54) is 0 Å². The summed E-state index contributed by atoms with van der Waals surface area (Å²) < 4.78 is 98.0. The molecule has 19 heavy (non-hydrogen) atoms. The summed E-state index contributed by atoms with van der Waals surface area (Å²) in [5.41, 5.74) is 0. The van der Waals surface area contributed by atoms with Crippen LogP contribution in [0, 0.1) is 0 Å². The second-order valence-corrected chi connectivity index (χ2v) is 3.59. The fourth-order valence-electron chi connectivity index (χ4n) is 1.06. The zero-order chi connectivity index (χ0) is 14.9. The average Bonchev–Trinajstić information content (AvgIpc) is 2.62. The average molecular weight is 300 g/mol. The van der Waals surface area contributed by atoms with Crippen molar-refractivity contribution in [1.82, 2.24) is 0 Å². The van der Waals surface area contributed by atoms with Crippen LogP contribution in [0.5, 0.6) is 0 Å². The maximum Gasteiger partial charge on any atom is 0.508 e. The molecule has 1 atom stereocenters. The summed E-state index contributed by atoms with van der Waals surface area (Å²) in [6.45, 7) is -3.32. The second kappa shape index (κ2) is 5.02. The minimum atomic E-state index is -6.40. The fourth-order valence-corrected chi connectivity index (χ4v) is 1.06. The Bertz CT molecular complexity index is 340. The monoisotopic (exact) mass is 300 g/mol. The van der Waals surface area contributed by atoms with Crippen LogP contribution in [-0.2, 0) is 14.2 Å². The van der Waals surface area contributed by atoms with Crippen molar-refractivity contribution in [2.45, 2.75) is 24.1 Å². The molecule has 0 aromatic heterocycles. The van der Waals surface area contributed by atoms with Gasteiger partial charge in [-0.1, -0.05) is 0 Å². The van der Waals surface area contributed by atoms with Gasteiger partial charge in [0, 0.05) is 0 Å². The smallest absolute Gasteiger partial charge is 0.430 e. The van der Waals surface area contributed by atoms with Gasteiger partial charge in [0.15, 0.2) is 6.10 Å². The Kier molecular flexibility index (Phi) is 4.17. The van der Waals surface area contributed by atoms with Crippen LogP contribution in [0.25, 0.3) is 0 Å². The minimum absolute atomic E-state index is 0.361. The zero-order valence-corrected chi connectivity index (χ0v) is 8.98. The highest BCUT2D eigenvalue weighted by molar-refractivity contribution is 5.61. The van der Waals surface area contributed by atoms with E-state index in [-0.39, 0.29) is 6.61 Å². The first-order chi connectivity index (χ1) is 8.47. The lowest BCUT2D eigenvalue weighted by molar-refractivity contribution is -0.361. The van der Waals surface area contributed by atoms with E-state index in [4.69, 9.17) is 0 Å². The van der Waals surface area contributed by atoms with Gasteiger partial charge < -0.3 is 14.2 Å². The van der Waals surface area contributed by atoms with E-state index in [9.17, 15) is 35.5 Å². The van der Waals surface area contributed by atoms with Crippen molar-refractivity contribution in [2.24, 2.45) is 0 Å². The maximum absolute atomic E-state index is 12.7. The Morgan fingerprint density at radius 1 is 1.16 bits per heavy atom. The lowest BCUT2D eigenvalue weighted by atomic mass is 10.2. The van der Waals surface area contributed by atoms with E-state index in [1.54, 1.807) is 0 Å². The second-order valence-electron chi connectivity index (χ2n) is 3.59. The van der Waals surface area contributed by atoms with Gasteiger partial charge in [0.25, 0.3) is 0 Å². The first-order valence-corrected chi connectivity index (χ1v) is 4.71. The summed E-state index contributed by atoms with van der Waals surface area (Å²) in [5, 5.41) is 0. The quantitative estimate of drug-likeness (QED) is 0.577. The number of carbonyl (C=O) groups is 1. The van der Waals surface area contributed by atoms with Gasteiger partial charge in [-0.15, -0.1) is 0 Å². The molecule has 0 radical (unpaired) electrons. The molecule has 1 saturated heterocycles. The first-order valence-electron chi connectivity index (χ1n) is 4.71. The highest BCUT2D eigenvalue weighted by atomic mass is 19.4. The Balaban J connectivity index is 2.49. The molecule has 0 bridgehead atoms. The third kappa shape index (κ3) is 3.39. The predicted octanol–water partition coefficient (Wildman–Crippen LogP) is 2.37. The van der Waals surface area contributed by atoms with Crippen LogP contribution in [-0.4, -0.2) is 50.1 Å². The van der Waals surface area contributed by atoms with Crippen molar-refractivity contribution in [3.8, 4) is 0 Å². The van der Waals surface area contributed by atoms with E-state index in [0.717, 1.165) is 0 Å². The van der Waals surface area contributed by atoms with Crippen LogP contribution in [0.3, 0.4) is 0 Å². The van der Waals surface area contributed by atoms with Crippen LogP contribution >= 0.6 is 0 Å². The van der Waals surface area contributed by atoms with E-state index >= 15 is 0 Å². The van der Waals surface area contributed by atoms with Gasteiger partial charge in [-0.3, -0.25) is 0 Å². The number of ether oxygens (including phenoxy) is 3. The summed E-state index contributed by atoms with van der Waals surface area (Å²) in [5.74, 6) is -11.7. The number of rotatable bonds is 5. The maximum atomic E-state index is 12.7. The van der Waals surface area contributed by atoms with Gasteiger partial charge in [-0.05, 0) is 0 Å². The number of hydrogen-bond donors (Lipinski definition) is 0. The zero-order valence-electron chi connectivity index (χ0n) is 8.98. The molecule has 11 heteroatoms. The molecule has 0 aromatic carbocycles. The van der Waals surface area contributed by atoms with Crippen LogP contribution in [0.2, 0.25) is 0 Å². The molecule has 0 N–H and O–H groups in total. The lowest BCUT2D eigenvalue weighted by Crippen LogP contribution is -2.54. The summed E-state index contributed by atoms with van der Waals surface area (Å²) in [4.78, 5) is 10.4. The van der Waals surface area contributed by atoms with Crippen LogP contribution in [0.15, 0.2) is 0 Å². The van der Waals surface area contributed by atoms with E-state index in [1.807, 2.05) is 0 Å². The highest BCUT2D eigenvalue weighted by Crippen LogP contribution is 2.46. The molecule has 4 nitrogen and oxygen atoms in total. The standard InChI is InChI=1S/C8H7F7O4/c9-6(10,7(11,12)8(13,14)15)3-17-1-4-2-18-5(16)19-4/h4H,1-3H2. The number of cyclic esters (lactones) is 2. The Morgan fingerprint density at radius 3 is 2.16 bits per heavy atom. The van der Waals surface area contributed by atoms with Crippen LogP contribution in [0.1, 0.15) is 0 Å². The van der Waals surface area contributed by atoms with Gasteiger partial charge in [-0.25, -0.2) is 4.79 Å². The fraction of sp³-hybridized carbons (Fsp3) is 0.875. The SMILES string of the molecule is O=C1OCC(COCC(F)(F)C(F)(F)C(F)(F)F)O1. The van der Waals surface area contributed by atoms with Crippen molar-refractivity contribution in [1.29, 1.82) is 0 Å². The van der Waals surface area contributed by atoms with Crippen molar-refractivity contribution >= 4 is 6.16 Å². The molecule has 1 aliphatic heterocycles. The number of carbonyl (C=O) groups excluding carboxylic acids is 1. The molecule has 1 aliphatic rings. The van der Waals surface area contributed by atoms with Crippen LogP contribution in [0.4, 0.5) is 35.5 Å². The molecular formula is C8H7F7O4. The first kappa shape index (κ1) is 15.8. The highest BCUT2D eigenvalue weighted by Gasteiger charge is 2.73. The Hall–Kier alpha value is -1.26. The molecule has 1 rings (SSSR count). The van der Waals surface area contributed by atoms with Crippen LogP contribution < -0.4 is 0 Å². The lowest BCUT2D eigenvalue weighted by Gasteiger charge is -2.28. The predicted molar refractivity (Wildman–Crippen MR) is 43.0 cm³/mol. The molecule has 112 valence electrons. The summed E-state index contributed by atoms with van der Waals surface area (Å²) in [6.07, 6.45) is -8.63. The summed E-state index contributed by atoms with van der Waals surface area (Å²) in [6, 6.07) is 0. The molecule has 1 fully saturated rings. The van der Waals surface area contributed by atoms with Gasteiger partial charge in [0.1, 0.15) is 13.2 Å². The third-order valence-electron chi connectivity index (χ3n) is 2.05. The minimum Gasteiger partial charge on any atom is -0.430 e. The van der Waals surface area contributed by atoms with Gasteiger partial charge in [0.2, 0.25) is 0 Å². The largest absolute Gasteiger partial charge is 0.508 e. The van der Waals surface area contributed by atoms with Gasteiger partial charge in [-0.2, -0.15) is 30.7 Å². The molecule has 0 saturated carbocycles. The summed E-state index contributed by atoms with van der Waals surface area (Å²) >= 11 is 0. The number of alkyl halides is 7. The number of hydrogen-bond acceptors (Lipinski definition) is 4. The Morgan fingerprint density at radius 2 is 1.74 bits per heavy atom. The van der Waals surface area contributed by atoms with Crippen molar-refractivity contribution in [2.75, 3.05) is 19.8 Å². The molecule has 0 aliphatic carbocycles.